The summed E-state index contributed by atoms with van der Waals surface area (Å²) in [6.07, 6.45) is 58.4. The maximum atomic E-state index is 13.1. The van der Waals surface area contributed by atoms with Gasteiger partial charge in [-0.3, -0.25) is 37.3 Å². The standard InChI is InChI=1S/C78H152O17P2/c1-7-9-11-13-15-17-18-19-20-21-22-25-28-31-37-43-49-55-61-76(81)89-67-74(95-77(82)62-56-50-44-38-32-29-26-23-24-27-30-35-40-46-52-58-70(3)4)69-93-97(86,87)91-65-72(79)64-90-96(84,85)92-68-73(66-88-75(80)60-54-48-42-16-14-12-10-8-2)94-78(83)63-57-51-45-39-34-33-36-41-47-53-59-71(5)6/h70-74,79H,7-69H2,1-6H3,(H,84,85)(H,86,87)/t72-,73+,74+/m0/s1. The molecule has 0 aliphatic carbocycles. The predicted octanol–water partition coefficient (Wildman–Crippen LogP) is 23.1. The highest BCUT2D eigenvalue weighted by Gasteiger charge is 2.30. The Hall–Kier alpha value is -1.94. The smallest absolute Gasteiger partial charge is 0.462 e. The number of carbonyl (C=O) groups is 4. The van der Waals surface area contributed by atoms with Crippen LogP contribution in [-0.4, -0.2) is 96.7 Å². The minimum Gasteiger partial charge on any atom is -0.462 e. The van der Waals surface area contributed by atoms with Gasteiger partial charge in [0.05, 0.1) is 26.4 Å². The zero-order chi connectivity index (χ0) is 71.4. The lowest BCUT2D eigenvalue weighted by atomic mass is 10.0. The van der Waals surface area contributed by atoms with Gasteiger partial charge in [0, 0.05) is 25.7 Å². The van der Waals surface area contributed by atoms with Gasteiger partial charge < -0.3 is 33.8 Å². The van der Waals surface area contributed by atoms with E-state index >= 15 is 0 Å². The molecule has 0 amide bonds. The van der Waals surface area contributed by atoms with Crippen LogP contribution in [0.5, 0.6) is 0 Å². The van der Waals surface area contributed by atoms with Crippen LogP contribution in [0.25, 0.3) is 0 Å². The fourth-order valence-electron chi connectivity index (χ4n) is 12.0. The van der Waals surface area contributed by atoms with E-state index in [0.717, 1.165) is 108 Å². The zero-order valence-electron chi connectivity index (χ0n) is 63.4. The molecule has 0 saturated heterocycles. The number of ether oxygens (including phenoxy) is 4. The van der Waals surface area contributed by atoms with Gasteiger partial charge in [0.1, 0.15) is 19.3 Å². The minimum atomic E-state index is -4.96. The van der Waals surface area contributed by atoms with Gasteiger partial charge in [-0.25, -0.2) is 9.13 Å². The van der Waals surface area contributed by atoms with Crippen LogP contribution in [0.2, 0.25) is 0 Å². The lowest BCUT2D eigenvalue weighted by Crippen LogP contribution is -2.30. The van der Waals surface area contributed by atoms with Crippen LogP contribution in [0.15, 0.2) is 0 Å². The fraction of sp³-hybridized carbons (Fsp3) is 0.949. The molecule has 0 aliphatic rings. The molecule has 0 spiro atoms. The first kappa shape index (κ1) is 95.1. The third-order valence-corrected chi connectivity index (χ3v) is 20.1. The van der Waals surface area contributed by atoms with E-state index < -0.39 is 97.5 Å². The highest BCUT2D eigenvalue weighted by molar-refractivity contribution is 7.47. The quantitative estimate of drug-likeness (QED) is 0.0222. The topological polar surface area (TPSA) is 237 Å². The first-order chi connectivity index (χ1) is 46.9. The number of rotatable bonds is 77. The summed E-state index contributed by atoms with van der Waals surface area (Å²) >= 11 is 0. The number of hydrogen-bond acceptors (Lipinski definition) is 15. The van der Waals surface area contributed by atoms with E-state index in [-0.39, 0.29) is 25.7 Å². The van der Waals surface area contributed by atoms with Crippen LogP contribution in [0.1, 0.15) is 408 Å². The van der Waals surface area contributed by atoms with Crippen molar-refractivity contribution in [1.29, 1.82) is 0 Å². The molecule has 576 valence electrons. The van der Waals surface area contributed by atoms with Crippen molar-refractivity contribution in [3.8, 4) is 0 Å². The summed E-state index contributed by atoms with van der Waals surface area (Å²) in [6, 6.07) is 0. The normalized spacial score (nSPS) is 14.0. The van der Waals surface area contributed by atoms with Crippen LogP contribution < -0.4 is 0 Å². The van der Waals surface area contributed by atoms with Crippen molar-refractivity contribution in [2.45, 2.75) is 426 Å². The van der Waals surface area contributed by atoms with E-state index in [9.17, 15) is 43.2 Å². The third-order valence-electron chi connectivity index (χ3n) is 18.2. The van der Waals surface area contributed by atoms with Gasteiger partial charge in [-0.1, -0.05) is 356 Å². The Kier molecular flexibility index (Phi) is 68.4. The molecular weight excluding hydrogens is 1270 g/mol. The van der Waals surface area contributed by atoms with E-state index in [2.05, 4.69) is 41.5 Å². The molecule has 0 aromatic heterocycles. The molecule has 5 atom stereocenters. The molecule has 0 radical (unpaired) electrons. The lowest BCUT2D eigenvalue weighted by molar-refractivity contribution is -0.161. The molecule has 0 heterocycles. The molecular formula is C78H152O17P2. The summed E-state index contributed by atoms with van der Waals surface area (Å²) < 4.78 is 68.5. The van der Waals surface area contributed by atoms with E-state index in [4.69, 9.17) is 37.0 Å². The second kappa shape index (κ2) is 69.8. The summed E-state index contributed by atoms with van der Waals surface area (Å²) in [6.45, 7) is 9.60. The molecule has 0 bridgehead atoms. The van der Waals surface area contributed by atoms with Gasteiger partial charge in [-0.05, 0) is 37.5 Å². The van der Waals surface area contributed by atoms with Crippen molar-refractivity contribution < 1.29 is 80.2 Å². The number of phosphoric ester groups is 2. The number of phosphoric acid groups is 2. The molecule has 0 rings (SSSR count). The maximum absolute atomic E-state index is 13.1. The first-order valence-corrected chi connectivity index (χ1v) is 43.5. The van der Waals surface area contributed by atoms with Gasteiger partial charge in [-0.15, -0.1) is 0 Å². The van der Waals surface area contributed by atoms with E-state index in [1.165, 1.54) is 218 Å². The van der Waals surface area contributed by atoms with Gasteiger partial charge >= 0.3 is 39.5 Å². The monoisotopic (exact) mass is 1420 g/mol. The van der Waals surface area contributed by atoms with E-state index in [0.29, 0.717) is 25.7 Å². The molecule has 17 nitrogen and oxygen atoms in total. The number of esters is 4. The van der Waals surface area contributed by atoms with Crippen molar-refractivity contribution in [1.82, 2.24) is 0 Å². The number of hydrogen-bond donors (Lipinski definition) is 3. The Labute approximate surface area is 594 Å². The van der Waals surface area contributed by atoms with E-state index in [1.54, 1.807) is 0 Å². The van der Waals surface area contributed by atoms with Crippen LogP contribution in [0.4, 0.5) is 0 Å². The number of aliphatic hydroxyl groups is 1. The molecule has 97 heavy (non-hydrogen) atoms. The second-order valence-electron chi connectivity index (χ2n) is 29.1. The average Bonchev–Trinajstić information content (AvgIpc) is 1.96. The van der Waals surface area contributed by atoms with Crippen LogP contribution in [-0.2, 0) is 65.4 Å². The second-order valence-corrected chi connectivity index (χ2v) is 32.0. The number of unbranched alkanes of at least 4 members (excludes halogenated alkanes) is 47. The van der Waals surface area contributed by atoms with Crippen LogP contribution in [0.3, 0.4) is 0 Å². The molecule has 0 aromatic carbocycles. The van der Waals surface area contributed by atoms with Gasteiger partial charge in [0.15, 0.2) is 12.2 Å². The number of carbonyl (C=O) groups excluding carboxylic acids is 4. The Bertz CT molecular complexity index is 1870. The summed E-state index contributed by atoms with van der Waals surface area (Å²) in [4.78, 5) is 72.8. The highest BCUT2D eigenvalue weighted by Crippen LogP contribution is 2.45. The fourth-order valence-corrected chi connectivity index (χ4v) is 13.6. The summed E-state index contributed by atoms with van der Waals surface area (Å²) in [5, 5.41) is 10.6. The summed E-state index contributed by atoms with van der Waals surface area (Å²) in [5.41, 5.74) is 0. The average molecular weight is 1420 g/mol. The van der Waals surface area contributed by atoms with E-state index in [1.807, 2.05) is 0 Å². The molecule has 0 aliphatic heterocycles. The largest absolute Gasteiger partial charge is 0.472 e. The first-order valence-electron chi connectivity index (χ1n) is 40.5. The summed E-state index contributed by atoms with van der Waals surface area (Å²) in [5.74, 6) is -0.560. The Morgan fingerprint density at radius 2 is 0.474 bits per heavy atom. The number of aliphatic hydroxyl groups excluding tert-OH is 1. The van der Waals surface area contributed by atoms with Crippen molar-refractivity contribution in [2.75, 3.05) is 39.6 Å². The Balaban J connectivity index is 5.20. The van der Waals surface area contributed by atoms with Crippen molar-refractivity contribution in [2.24, 2.45) is 11.8 Å². The predicted molar refractivity (Wildman–Crippen MR) is 395 cm³/mol. The Morgan fingerprint density at radius 3 is 0.701 bits per heavy atom. The van der Waals surface area contributed by atoms with Crippen molar-refractivity contribution in [3.63, 3.8) is 0 Å². The third kappa shape index (κ3) is 72.2. The zero-order valence-corrected chi connectivity index (χ0v) is 65.2. The van der Waals surface area contributed by atoms with Crippen molar-refractivity contribution >= 4 is 39.5 Å². The lowest BCUT2D eigenvalue weighted by Gasteiger charge is -2.21. The molecule has 0 fully saturated rings. The SMILES string of the molecule is CCCCCCCCCCCCCCCCCCCCC(=O)OC[C@H](COP(=O)(O)OC[C@@H](O)COP(=O)(O)OC[C@@H](COC(=O)CCCCCCCCCC)OC(=O)CCCCCCCCCCCCC(C)C)OC(=O)CCCCCCCCCCCCCCCCCC(C)C. The van der Waals surface area contributed by atoms with Crippen LogP contribution in [0, 0.1) is 11.8 Å². The Morgan fingerprint density at radius 1 is 0.278 bits per heavy atom. The molecule has 0 aromatic rings. The van der Waals surface area contributed by atoms with Crippen molar-refractivity contribution in [3.05, 3.63) is 0 Å². The molecule has 0 saturated carbocycles. The molecule has 3 N–H and O–H groups in total. The van der Waals surface area contributed by atoms with Gasteiger partial charge in [-0.2, -0.15) is 0 Å². The van der Waals surface area contributed by atoms with Crippen LogP contribution >= 0.6 is 15.6 Å². The van der Waals surface area contributed by atoms with Gasteiger partial charge in [0.2, 0.25) is 0 Å². The molecule has 2 unspecified atom stereocenters. The van der Waals surface area contributed by atoms with Gasteiger partial charge in [0.25, 0.3) is 0 Å². The highest BCUT2D eigenvalue weighted by atomic mass is 31.2. The summed E-state index contributed by atoms with van der Waals surface area (Å²) in [7, 11) is -9.91. The maximum Gasteiger partial charge on any atom is 0.472 e. The minimum absolute atomic E-state index is 0.106. The molecule has 19 heteroatoms.